The van der Waals surface area contributed by atoms with Gasteiger partial charge in [-0.3, -0.25) is 0 Å². The highest BCUT2D eigenvalue weighted by atomic mass is 32.2. The molecule has 114 valence electrons. The van der Waals surface area contributed by atoms with Crippen molar-refractivity contribution in [2.45, 2.75) is 24.9 Å². The molecular weight excluding hydrogens is 288 g/mol. The molecule has 2 N–H and O–H groups in total. The Morgan fingerprint density at radius 2 is 2.05 bits per heavy atom. The van der Waals surface area contributed by atoms with E-state index in [0.29, 0.717) is 12.2 Å². The number of rotatable bonds is 6. The van der Waals surface area contributed by atoms with Crippen molar-refractivity contribution in [2.24, 2.45) is 7.05 Å². The van der Waals surface area contributed by atoms with Crippen LogP contribution in [0.5, 0.6) is 0 Å². The quantitative estimate of drug-likeness (QED) is 0.822. The van der Waals surface area contributed by atoms with Gasteiger partial charge in [0, 0.05) is 32.0 Å². The third-order valence-corrected chi connectivity index (χ3v) is 4.89. The van der Waals surface area contributed by atoms with Crippen molar-refractivity contribution in [1.29, 1.82) is 0 Å². The number of para-hydroxylation sites is 1. The zero-order chi connectivity index (χ0) is 15.5. The van der Waals surface area contributed by atoms with Crippen LogP contribution in [-0.2, 0) is 23.6 Å². The molecule has 7 heteroatoms. The average molecular weight is 308 g/mol. The maximum Gasteiger partial charge on any atom is 0.262 e. The lowest BCUT2D eigenvalue weighted by atomic mass is 10.2. The summed E-state index contributed by atoms with van der Waals surface area (Å²) in [6.07, 6.45) is 3.71. The van der Waals surface area contributed by atoms with Crippen LogP contribution in [-0.4, -0.2) is 28.8 Å². The lowest BCUT2D eigenvalue weighted by Crippen LogP contribution is -2.32. The summed E-state index contributed by atoms with van der Waals surface area (Å²) < 4.78 is 28.4. The van der Waals surface area contributed by atoms with E-state index in [2.05, 4.69) is 4.98 Å². The fourth-order valence-electron chi connectivity index (χ4n) is 2.06. The summed E-state index contributed by atoms with van der Waals surface area (Å²) in [7, 11) is -1.87. The Balaban J connectivity index is 2.33. The summed E-state index contributed by atoms with van der Waals surface area (Å²) >= 11 is 0. The normalized spacial score (nSPS) is 12.0. The van der Waals surface area contributed by atoms with Crippen LogP contribution in [0, 0.1) is 0 Å². The molecule has 0 aliphatic heterocycles. The molecule has 0 fully saturated rings. The number of hydrogen-bond acceptors (Lipinski definition) is 4. The van der Waals surface area contributed by atoms with Crippen molar-refractivity contribution in [3.8, 4) is 0 Å². The van der Waals surface area contributed by atoms with Crippen molar-refractivity contribution in [3.05, 3.63) is 42.4 Å². The van der Waals surface area contributed by atoms with E-state index >= 15 is 0 Å². The Hall–Kier alpha value is -1.86. The van der Waals surface area contributed by atoms with E-state index < -0.39 is 10.0 Å². The number of hydrogen-bond donors (Lipinski definition) is 1. The first kappa shape index (κ1) is 15.5. The molecule has 0 saturated heterocycles. The molecule has 0 aliphatic carbocycles. The van der Waals surface area contributed by atoms with Crippen LogP contribution in [0.1, 0.15) is 18.9 Å². The molecule has 0 aliphatic rings. The van der Waals surface area contributed by atoms with Crippen molar-refractivity contribution >= 4 is 15.7 Å². The Bertz CT molecular complexity index is 709. The number of nitrogen functional groups attached to an aromatic ring is 1. The maximum atomic E-state index is 12.7. The SMILES string of the molecule is CCCN(Cc1ccccc1N)S(=O)(=O)c1cn(C)cn1. The molecule has 0 spiro atoms. The highest BCUT2D eigenvalue weighted by Gasteiger charge is 2.26. The zero-order valence-electron chi connectivity index (χ0n) is 12.2. The minimum Gasteiger partial charge on any atom is -0.398 e. The fourth-order valence-corrected chi connectivity index (χ4v) is 3.53. The molecule has 0 saturated carbocycles. The van der Waals surface area contributed by atoms with Crippen LogP contribution >= 0.6 is 0 Å². The summed E-state index contributed by atoms with van der Waals surface area (Å²) in [5, 5.41) is 0.0629. The summed E-state index contributed by atoms with van der Waals surface area (Å²) in [6.45, 7) is 2.61. The largest absolute Gasteiger partial charge is 0.398 e. The van der Waals surface area contributed by atoms with Crippen molar-refractivity contribution in [1.82, 2.24) is 13.9 Å². The number of sulfonamides is 1. The fraction of sp³-hybridized carbons (Fsp3) is 0.357. The van der Waals surface area contributed by atoms with E-state index in [-0.39, 0.29) is 11.6 Å². The molecule has 0 bridgehead atoms. The van der Waals surface area contributed by atoms with Crippen LogP contribution in [0.3, 0.4) is 0 Å². The number of nitrogens with two attached hydrogens (primary N) is 1. The second-order valence-corrected chi connectivity index (χ2v) is 6.80. The Morgan fingerprint density at radius 1 is 1.33 bits per heavy atom. The maximum absolute atomic E-state index is 12.7. The molecule has 0 atom stereocenters. The van der Waals surface area contributed by atoms with Gasteiger partial charge in [-0.15, -0.1) is 0 Å². The molecule has 6 nitrogen and oxygen atoms in total. The highest BCUT2D eigenvalue weighted by molar-refractivity contribution is 7.89. The second-order valence-electron chi connectivity index (χ2n) is 4.91. The van der Waals surface area contributed by atoms with Gasteiger partial charge in [0.15, 0.2) is 5.03 Å². The van der Waals surface area contributed by atoms with Gasteiger partial charge in [0.05, 0.1) is 6.33 Å². The number of anilines is 1. The van der Waals surface area contributed by atoms with Gasteiger partial charge in [0.25, 0.3) is 10.0 Å². The summed E-state index contributed by atoms with van der Waals surface area (Å²) in [6, 6.07) is 7.29. The van der Waals surface area contributed by atoms with Crippen LogP contribution in [0.4, 0.5) is 5.69 Å². The lowest BCUT2D eigenvalue weighted by Gasteiger charge is -2.21. The molecule has 1 heterocycles. The minimum absolute atomic E-state index is 0.0629. The predicted octanol–water partition coefficient (Wildman–Crippen LogP) is 1.60. The summed E-state index contributed by atoms with van der Waals surface area (Å²) in [4.78, 5) is 3.96. The van der Waals surface area contributed by atoms with Gasteiger partial charge in [-0.25, -0.2) is 13.4 Å². The van der Waals surface area contributed by atoms with E-state index in [1.165, 1.54) is 16.8 Å². The van der Waals surface area contributed by atoms with Gasteiger partial charge in [0.2, 0.25) is 0 Å². The smallest absolute Gasteiger partial charge is 0.262 e. The van der Waals surface area contributed by atoms with Gasteiger partial charge in [0.1, 0.15) is 0 Å². The standard InChI is InChI=1S/C14H20N4O2S/c1-3-8-18(9-12-6-4-5-7-13(12)15)21(19,20)14-10-17(2)11-16-14/h4-7,10-11H,3,8-9,15H2,1-2H3. The molecule has 0 radical (unpaired) electrons. The predicted molar refractivity (Wildman–Crippen MR) is 81.9 cm³/mol. The minimum atomic E-state index is -3.61. The molecule has 0 unspecified atom stereocenters. The van der Waals surface area contributed by atoms with E-state index in [4.69, 9.17) is 5.73 Å². The third-order valence-electron chi connectivity index (χ3n) is 3.16. The average Bonchev–Trinajstić information content (AvgIpc) is 2.88. The van der Waals surface area contributed by atoms with E-state index in [1.807, 2.05) is 25.1 Å². The first-order chi connectivity index (χ1) is 9.95. The molecule has 2 aromatic rings. The number of imidazole rings is 1. The second kappa shape index (κ2) is 6.28. The first-order valence-electron chi connectivity index (χ1n) is 6.76. The Morgan fingerprint density at radius 3 is 2.62 bits per heavy atom. The van der Waals surface area contributed by atoms with Crippen molar-refractivity contribution in [3.63, 3.8) is 0 Å². The third kappa shape index (κ3) is 3.43. The molecule has 1 aromatic carbocycles. The summed E-state index contributed by atoms with van der Waals surface area (Å²) in [5.74, 6) is 0. The molecule has 2 rings (SSSR count). The number of nitrogens with zero attached hydrogens (tertiary/aromatic N) is 3. The van der Waals surface area contributed by atoms with Gasteiger partial charge in [-0.1, -0.05) is 25.1 Å². The van der Waals surface area contributed by atoms with E-state index in [9.17, 15) is 8.42 Å². The van der Waals surface area contributed by atoms with Crippen LogP contribution in [0.2, 0.25) is 0 Å². The molecule has 1 aromatic heterocycles. The number of aryl methyl sites for hydroxylation is 1. The van der Waals surface area contributed by atoms with Gasteiger partial charge in [-0.05, 0) is 18.1 Å². The van der Waals surface area contributed by atoms with Crippen molar-refractivity contribution < 1.29 is 8.42 Å². The van der Waals surface area contributed by atoms with E-state index in [0.717, 1.165) is 12.0 Å². The van der Waals surface area contributed by atoms with E-state index in [1.54, 1.807) is 17.7 Å². The Labute approximate surface area is 125 Å². The topological polar surface area (TPSA) is 81.2 Å². The van der Waals surface area contributed by atoms with Gasteiger partial charge >= 0.3 is 0 Å². The van der Waals surface area contributed by atoms with Gasteiger partial charge < -0.3 is 10.3 Å². The monoisotopic (exact) mass is 308 g/mol. The molecular formula is C14H20N4O2S. The Kier molecular flexibility index (Phi) is 4.64. The van der Waals surface area contributed by atoms with Crippen LogP contribution in [0.25, 0.3) is 0 Å². The summed E-state index contributed by atoms with van der Waals surface area (Å²) in [5.41, 5.74) is 7.30. The van der Waals surface area contributed by atoms with Gasteiger partial charge in [-0.2, -0.15) is 4.31 Å². The zero-order valence-corrected chi connectivity index (χ0v) is 13.0. The molecule has 21 heavy (non-hydrogen) atoms. The number of aromatic nitrogens is 2. The molecule has 0 amide bonds. The first-order valence-corrected chi connectivity index (χ1v) is 8.20. The highest BCUT2D eigenvalue weighted by Crippen LogP contribution is 2.20. The van der Waals surface area contributed by atoms with Crippen LogP contribution < -0.4 is 5.73 Å². The number of benzene rings is 1. The lowest BCUT2D eigenvalue weighted by molar-refractivity contribution is 0.404. The van der Waals surface area contributed by atoms with Crippen molar-refractivity contribution in [2.75, 3.05) is 12.3 Å². The van der Waals surface area contributed by atoms with Crippen LogP contribution in [0.15, 0.2) is 41.8 Å².